The first-order valence-corrected chi connectivity index (χ1v) is 6.45. The largest absolute Gasteiger partial charge is 0.339 e. The molecule has 2 rings (SSSR count). The summed E-state index contributed by atoms with van der Waals surface area (Å²) in [6.07, 6.45) is 2.26. The van der Waals surface area contributed by atoms with Crippen molar-refractivity contribution >= 4 is 5.91 Å². The molecule has 0 unspecified atom stereocenters. The molecule has 0 atom stereocenters. The van der Waals surface area contributed by atoms with Crippen LogP contribution < -0.4 is 5.32 Å². The predicted molar refractivity (Wildman–Crippen MR) is 68.5 cm³/mol. The Morgan fingerprint density at radius 3 is 2.89 bits per heavy atom. The van der Waals surface area contributed by atoms with Crippen molar-refractivity contribution < 1.29 is 9.18 Å². The van der Waals surface area contributed by atoms with Gasteiger partial charge in [0.2, 0.25) is 5.91 Å². The Bertz CT molecular complexity index is 418. The van der Waals surface area contributed by atoms with Crippen LogP contribution in [0.3, 0.4) is 0 Å². The molecule has 0 bridgehead atoms. The molecule has 0 heterocycles. The molecule has 1 amide bonds. The Morgan fingerprint density at radius 2 is 2.28 bits per heavy atom. The predicted octanol–water partition coefficient (Wildman–Crippen LogP) is 1.93. The van der Waals surface area contributed by atoms with Crippen molar-refractivity contribution in [3.8, 4) is 0 Å². The number of carbonyl (C=O) groups excluding carboxylic acids is 1. The number of hydrogen-bond acceptors (Lipinski definition) is 2. The Labute approximate surface area is 107 Å². The second-order valence-corrected chi connectivity index (χ2v) is 4.64. The van der Waals surface area contributed by atoms with Crippen molar-refractivity contribution in [1.29, 1.82) is 0 Å². The summed E-state index contributed by atoms with van der Waals surface area (Å²) in [6, 6.07) is 6.88. The zero-order valence-corrected chi connectivity index (χ0v) is 10.7. The summed E-state index contributed by atoms with van der Waals surface area (Å²) in [5.41, 5.74) is 0.859. The van der Waals surface area contributed by atoms with E-state index in [1.54, 1.807) is 6.07 Å². The molecule has 1 fully saturated rings. The van der Waals surface area contributed by atoms with E-state index in [0.29, 0.717) is 19.1 Å². The van der Waals surface area contributed by atoms with Gasteiger partial charge in [0.15, 0.2) is 0 Å². The zero-order valence-electron chi connectivity index (χ0n) is 10.7. The number of nitrogens with zero attached hydrogens (tertiary/aromatic N) is 1. The lowest BCUT2D eigenvalue weighted by atomic mass is 10.2. The summed E-state index contributed by atoms with van der Waals surface area (Å²) >= 11 is 0. The molecule has 1 aliphatic rings. The second-order valence-electron chi connectivity index (χ2n) is 4.64. The first-order valence-electron chi connectivity index (χ1n) is 6.45. The number of benzene rings is 1. The minimum atomic E-state index is -0.242. The molecule has 18 heavy (non-hydrogen) atoms. The minimum Gasteiger partial charge on any atom is -0.339 e. The quantitative estimate of drug-likeness (QED) is 0.836. The van der Waals surface area contributed by atoms with E-state index >= 15 is 0 Å². The van der Waals surface area contributed by atoms with Crippen LogP contribution in [0.25, 0.3) is 0 Å². The Hall–Kier alpha value is -1.42. The van der Waals surface area contributed by atoms with Crippen molar-refractivity contribution in [2.45, 2.75) is 32.4 Å². The van der Waals surface area contributed by atoms with Gasteiger partial charge in [0.1, 0.15) is 5.82 Å². The van der Waals surface area contributed by atoms with Crippen LogP contribution in [0.1, 0.15) is 25.3 Å². The summed E-state index contributed by atoms with van der Waals surface area (Å²) < 4.78 is 12.9. The zero-order chi connectivity index (χ0) is 13.0. The van der Waals surface area contributed by atoms with Crippen LogP contribution in [0.5, 0.6) is 0 Å². The minimum absolute atomic E-state index is 0.136. The smallest absolute Gasteiger partial charge is 0.236 e. The van der Waals surface area contributed by atoms with Crippen LogP contribution >= 0.6 is 0 Å². The summed E-state index contributed by atoms with van der Waals surface area (Å²) in [7, 11) is 0. The number of rotatable bonds is 6. The van der Waals surface area contributed by atoms with Gasteiger partial charge >= 0.3 is 0 Å². The van der Waals surface area contributed by atoms with E-state index in [9.17, 15) is 9.18 Å². The number of nitrogens with one attached hydrogen (secondary N) is 1. The van der Waals surface area contributed by atoms with E-state index in [1.807, 2.05) is 17.9 Å². The van der Waals surface area contributed by atoms with E-state index in [0.717, 1.165) is 24.9 Å². The van der Waals surface area contributed by atoms with Gasteiger partial charge in [-0.05, 0) is 37.5 Å². The van der Waals surface area contributed by atoms with Gasteiger partial charge in [-0.1, -0.05) is 12.1 Å². The van der Waals surface area contributed by atoms with Crippen molar-refractivity contribution in [3.05, 3.63) is 35.6 Å². The molecular weight excluding hydrogens is 231 g/mol. The summed E-state index contributed by atoms with van der Waals surface area (Å²) in [4.78, 5) is 13.8. The van der Waals surface area contributed by atoms with E-state index in [4.69, 9.17) is 0 Å². The average molecular weight is 250 g/mol. The monoisotopic (exact) mass is 250 g/mol. The van der Waals surface area contributed by atoms with E-state index in [-0.39, 0.29) is 11.7 Å². The molecule has 1 N–H and O–H groups in total. The highest BCUT2D eigenvalue weighted by atomic mass is 19.1. The third-order valence-corrected chi connectivity index (χ3v) is 3.14. The van der Waals surface area contributed by atoms with Gasteiger partial charge in [-0.3, -0.25) is 4.79 Å². The summed E-state index contributed by atoms with van der Waals surface area (Å²) in [5.74, 6) is -0.106. The van der Waals surface area contributed by atoms with Crippen LogP contribution in [-0.4, -0.2) is 29.9 Å². The Morgan fingerprint density at radius 1 is 1.50 bits per heavy atom. The second kappa shape index (κ2) is 5.96. The van der Waals surface area contributed by atoms with Crippen LogP contribution in [0.15, 0.2) is 24.3 Å². The molecule has 1 aliphatic carbocycles. The van der Waals surface area contributed by atoms with Gasteiger partial charge in [-0.15, -0.1) is 0 Å². The van der Waals surface area contributed by atoms with Gasteiger partial charge in [0.05, 0.1) is 6.54 Å². The Balaban J connectivity index is 1.76. The molecule has 3 nitrogen and oxygen atoms in total. The molecule has 1 saturated carbocycles. The van der Waals surface area contributed by atoms with Crippen LogP contribution in [-0.2, 0) is 11.3 Å². The van der Waals surface area contributed by atoms with Crippen LogP contribution in [0.2, 0.25) is 0 Å². The third kappa shape index (κ3) is 3.53. The van der Waals surface area contributed by atoms with Gasteiger partial charge in [-0.25, -0.2) is 4.39 Å². The number of carbonyl (C=O) groups is 1. The number of halogens is 1. The van der Waals surface area contributed by atoms with Crippen molar-refractivity contribution in [3.63, 3.8) is 0 Å². The molecular formula is C14H19FN2O. The summed E-state index contributed by atoms with van der Waals surface area (Å²) in [6.45, 7) is 3.61. The molecule has 0 aromatic heterocycles. The third-order valence-electron chi connectivity index (χ3n) is 3.14. The van der Waals surface area contributed by atoms with Crippen molar-refractivity contribution in [2.24, 2.45) is 0 Å². The van der Waals surface area contributed by atoms with E-state index < -0.39 is 0 Å². The van der Waals surface area contributed by atoms with Crippen LogP contribution in [0.4, 0.5) is 4.39 Å². The SMILES string of the molecule is CCN(C(=O)CNCc1cccc(F)c1)C1CC1. The molecule has 0 radical (unpaired) electrons. The normalized spacial score (nSPS) is 14.6. The first kappa shape index (κ1) is 13.0. The number of hydrogen-bond donors (Lipinski definition) is 1. The van der Waals surface area contributed by atoms with Crippen molar-refractivity contribution in [2.75, 3.05) is 13.1 Å². The fraction of sp³-hybridized carbons (Fsp3) is 0.500. The van der Waals surface area contributed by atoms with Gasteiger partial charge in [-0.2, -0.15) is 0 Å². The molecule has 4 heteroatoms. The maximum atomic E-state index is 12.9. The number of likely N-dealkylation sites (N-methyl/N-ethyl adjacent to an activating group) is 1. The molecule has 1 aromatic carbocycles. The molecule has 0 aliphatic heterocycles. The number of amides is 1. The standard InChI is InChI=1S/C14H19FN2O/c1-2-17(13-6-7-13)14(18)10-16-9-11-4-3-5-12(15)8-11/h3-5,8,13,16H,2,6-7,9-10H2,1H3. The van der Waals surface area contributed by atoms with E-state index in [2.05, 4.69) is 5.32 Å². The highest BCUT2D eigenvalue weighted by Crippen LogP contribution is 2.26. The maximum absolute atomic E-state index is 12.9. The molecule has 1 aromatic rings. The van der Waals surface area contributed by atoms with Gasteiger partial charge in [0.25, 0.3) is 0 Å². The van der Waals surface area contributed by atoms with Crippen molar-refractivity contribution in [1.82, 2.24) is 10.2 Å². The fourth-order valence-corrected chi connectivity index (χ4v) is 2.09. The topological polar surface area (TPSA) is 32.3 Å². The van der Waals surface area contributed by atoms with Gasteiger partial charge < -0.3 is 10.2 Å². The van der Waals surface area contributed by atoms with E-state index in [1.165, 1.54) is 12.1 Å². The lowest BCUT2D eigenvalue weighted by Gasteiger charge is -2.20. The van der Waals surface area contributed by atoms with Gasteiger partial charge in [0, 0.05) is 19.1 Å². The Kier molecular flexibility index (Phi) is 4.31. The first-order chi connectivity index (χ1) is 8.70. The lowest BCUT2D eigenvalue weighted by molar-refractivity contribution is -0.130. The highest BCUT2D eigenvalue weighted by Gasteiger charge is 2.30. The molecule has 98 valence electrons. The summed E-state index contributed by atoms with van der Waals surface area (Å²) in [5, 5.41) is 3.07. The highest BCUT2D eigenvalue weighted by molar-refractivity contribution is 5.78. The fourth-order valence-electron chi connectivity index (χ4n) is 2.09. The molecule has 0 saturated heterocycles. The van der Waals surface area contributed by atoms with Crippen LogP contribution in [0, 0.1) is 5.82 Å². The lowest BCUT2D eigenvalue weighted by Crippen LogP contribution is -2.39. The molecule has 0 spiro atoms. The average Bonchev–Trinajstić information content (AvgIpc) is 3.14. The maximum Gasteiger partial charge on any atom is 0.236 e.